The van der Waals surface area contributed by atoms with Crippen molar-refractivity contribution in [2.45, 2.75) is 20.0 Å². The number of carbonyl (C=O) groups excluding carboxylic acids is 1. The maximum atomic E-state index is 13.3. The van der Waals surface area contributed by atoms with Gasteiger partial charge in [-0.25, -0.2) is 4.39 Å². The Balaban J connectivity index is 2.44. The maximum absolute atomic E-state index is 13.3. The summed E-state index contributed by atoms with van der Waals surface area (Å²) in [7, 11) is 0. The van der Waals surface area contributed by atoms with E-state index in [-0.39, 0.29) is 12.3 Å². The number of carboxylic acids is 1. The number of carboxylic acid groups (broad SMARTS) is 1. The number of benzene rings is 1. The Hall–Kier alpha value is -2.11. The molecular weight excluding hydrogens is 253 g/mol. The minimum atomic E-state index is -1.19. The highest BCUT2D eigenvalue weighted by atomic mass is 19.1. The van der Waals surface area contributed by atoms with Gasteiger partial charge >= 0.3 is 5.97 Å². The highest BCUT2D eigenvalue weighted by molar-refractivity contribution is 5.96. The molecule has 0 aliphatic heterocycles. The zero-order valence-corrected chi connectivity index (χ0v) is 10.7. The lowest BCUT2D eigenvalue weighted by molar-refractivity contribution is -0.146. The number of hydrogen-bond acceptors (Lipinski definition) is 3. The van der Waals surface area contributed by atoms with E-state index in [0.29, 0.717) is 0 Å². The lowest BCUT2D eigenvalue weighted by atomic mass is 10.1. The van der Waals surface area contributed by atoms with Crippen LogP contribution >= 0.6 is 0 Å². The van der Waals surface area contributed by atoms with E-state index in [1.165, 1.54) is 19.1 Å². The normalized spacial score (nSPS) is 13.4. The summed E-state index contributed by atoms with van der Waals surface area (Å²) in [5.41, 5.74) is 0. The molecule has 6 heteroatoms. The fourth-order valence-corrected chi connectivity index (χ4v) is 1.31. The first-order chi connectivity index (χ1) is 8.91. The number of rotatable bonds is 6. The van der Waals surface area contributed by atoms with Crippen molar-refractivity contribution in [2.75, 3.05) is 6.54 Å². The molecule has 2 unspecified atom stereocenters. The third kappa shape index (κ3) is 4.57. The third-order valence-electron chi connectivity index (χ3n) is 2.49. The van der Waals surface area contributed by atoms with E-state index in [4.69, 9.17) is 9.84 Å². The summed E-state index contributed by atoms with van der Waals surface area (Å²) in [5, 5.41) is 11.1. The molecular formula is C13H16FNO4. The molecule has 1 aromatic carbocycles. The number of ether oxygens (including phenoxy) is 1. The van der Waals surface area contributed by atoms with Crippen LogP contribution in [0.3, 0.4) is 0 Å². The van der Waals surface area contributed by atoms with Gasteiger partial charge in [0.1, 0.15) is 12.0 Å². The molecule has 1 aromatic rings. The fraction of sp³-hybridized carbons (Fsp3) is 0.385. The zero-order valence-electron chi connectivity index (χ0n) is 10.7. The van der Waals surface area contributed by atoms with Crippen LogP contribution in [0.5, 0.6) is 5.75 Å². The van der Waals surface area contributed by atoms with E-state index in [1.807, 2.05) is 0 Å². The zero-order chi connectivity index (χ0) is 14.4. The molecule has 0 bridgehead atoms. The van der Waals surface area contributed by atoms with E-state index in [2.05, 4.69) is 5.32 Å². The minimum absolute atomic E-state index is 0.0931. The molecule has 19 heavy (non-hydrogen) atoms. The van der Waals surface area contributed by atoms with Crippen LogP contribution in [0.4, 0.5) is 4.39 Å². The molecule has 0 saturated heterocycles. The van der Waals surface area contributed by atoms with Gasteiger partial charge in [-0.1, -0.05) is 12.1 Å². The van der Waals surface area contributed by atoms with Gasteiger partial charge < -0.3 is 15.2 Å². The fourth-order valence-electron chi connectivity index (χ4n) is 1.31. The van der Waals surface area contributed by atoms with Gasteiger partial charge in [-0.3, -0.25) is 9.59 Å². The number of para-hydroxylation sites is 1. The van der Waals surface area contributed by atoms with Crippen molar-refractivity contribution in [1.29, 1.82) is 0 Å². The first-order valence-corrected chi connectivity index (χ1v) is 5.83. The first kappa shape index (κ1) is 14.9. The molecule has 0 saturated carbocycles. The van der Waals surface area contributed by atoms with Gasteiger partial charge in [-0.2, -0.15) is 0 Å². The second-order valence-electron chi connectivity index (χ2n) is 4.16. The van der Waals surface area contributed by atoms with Crippen LogP contribution < -0.4 is 10.1 Å². The highest BCUT2D eigenvalue weighted by Crippen LogP contribution is 2.16. The van der Waals surface area contributed by atoms with Crippen molar-refractivity contribution in [3.63, 3.8) is 0 Å². The monoisotopic (exact) mass is 269 g/mol. The predicted octanol–water partition coefficient (Wildman–Crippen LogP) is 1.43. The van der Waals surface area contributed by atoms with Gasteiger partial charge in [0.15, 0.2) is 11.6 Å². The second-order valence-corrected chi connectivity index (χ2v) is 4.16. The van der Waals surface area contributed by atoms with Crippen LogP contribution in [0, 0.1) is 11.7 Å². The molecule has 0 aliphatic rings. The number of amides is 1. The number of halogens is 1. The Morgan fingerprint density at radius 2 is 2.00 bits per heavy atom. The minimum Gasteiger partial charge on any atom is -0.486 e. The van der Waals surface area contributed by atoms with Crippen molar-refractivity contribution in [3.05, 3.63) is 30.1 Å². The van der Waals surface area contributed by atoms with Crippen molar-refractivity contribution >= 4 is 11.9 Å². The summed E-state index contributed by atoms with van der Waals surface area (Å²) in [6.45, 7) is 3.04. The Kier molecular flexibility index (Phi) is 5.29. The van der Waals surface area contributed by atoms with E-state index in [1.54, 1.807) is 19.1 Å². The summed E-state index contributed by atoms with van der Waals surface area (Å²) < 4.78 is 18.6. The molecule has 5 nitrogen and oxygen atoms in total. The predicted molar refractivity (Wildman–Crippen MR) is 66.3 cm³/mol. The smallest absolute Gasteiger partial charge is 0.315 e. The largest absolute Gasteiger partial charge is 0.486 e. The Bertz CT molecular complexity index is 464. The summed E-state index contributed by atoms with van der Waals surface area (Å²) in [6.07, 6.45) is -0.471. The van der Waals surface area contributed by atoms with Crippen LogP contribution in [-0.4, -0.2) is 29.6 Å². The molecule has 0 radical (unpaired) electrons. The van der Waals surface area contributed by atoms with E-state index in [0.717, 1.165) is 0 Å². The molecule has 0 heterocycles. The Labute approximate surface area is 110 Å². The van der Waals surface area contributed by atoms with Gasteiger partial charge in [0.05, 0.1) is 6.54 Å². The van der Waals surface area contributed by atoms with Crippen LogP contribution in [0.15, 0.2) is 24.3 Å². The Morgan fingerprint density at radius 1 is 1.37 bits per heavy atom. The average Bonchev–Trinajstić information content (AvgIpc) is 2.37. The number of aliphatic carboxylic acids is 1. The van der Waals surface area contributed by atoms with E-state index in [9.17, 15) is 14.0 Å². The highest BCUT2D eigenvalue weighted by Gasteiger charge is 2.20. The number of carbonyl (C=O) groups is 2. The van der Waals surface area contributed by atoms with Crippen molar-refractivity contribution in [1.82, 2.24) is 5.32 Å². The molecule has 2 atom stereocenters. The van der Waals surface area contributed by atoms with E-state index >= 15 is 0 Å². The molecule has 0 spiro atoms. The van der Waals surface area contributed by atoms with Crippen molar-refractivity contribution in [3.8, 4) is 5.75 Å². The molecule has 104 valence electrons. The molecule has 2 N–H and O–H groups in total. The average molecular weight is 269 g/mol. The lowest BCUT2D eigenvalue weighted by Gasteiger charge is -2.16. The van der Waals surface area contributed by atoms with Crippen LogP contribution in [-0.2, 0) is 9.59 Å². The van der Waals surface area contributed by atoms with Crippen LogP contribution in [0.2, 0.25) is 0 Å². The van der Waals surface area contributed by atoms with Crippen molar-refractivity contribution < 1.29 is 23.8 Å². The number of hydrogen-bond donors (Lipinski definition) is 2. The number of nitrogens with one attached hydrogen (secondary N) is 1. The molecule has 1 amide bonds. The van der Waals surface area contributed by atoms with Gasteiger partial charge in [-0.15, -0.1) is 0 Å². The molecule has 1 rings (SSSR count). The van der Waals surface area contributed by atoms with E-state index < -0.39 is 29.7 Å². The molecule has 0 aromatic heterocycles. The quantitative estimate of drug-likeness (QED) is 0.766. The van der Waals surface area contributed by atoms with Gasteiger partial charge in [0.2, 0.25) is 5.91 Å². The Morgan fingerprint density at radius 3 is 2.58 bits per heavy atom. The SMILES string of the molecule is CC(CNC(=O)C(C)C(=O)O)Oc1ccccc1F. The molecule has 0 aliphatic carbocycles. The van der Waals surface area contributed by atoms with Gasteiger partial charge in [0, 0.05) is 0 Å². The van der Waals surface area contributed by atoms with Crippen molar-refractivity contribution in [2.24, 2.45) is 5.92 Å². The second kappa shape index (κ2) is 6.72. The topological polar surface area (TPSA) is 75.6 Å². The summed E-state index contributed by atoms with van der Waals surface area (Å²) in [5.74, 6) is -3.31. The summed E-state index contributed by atoms with van der Waals surface area (Å²) >= 11 is 0. The van der Waals surface area contributed by atoms with Crippen LogP contribution in [0.1, 0.15) is 13.8 Å². The lowest BCUT2D eigenvalue weighted by Crippen LogP contribution is -2.39. The standard InChI is InChI=1S/C13H16FNO4/c1-8(7-15-12(16)9(2)13(17)18)19-11-6-4-3-5-10(11)14/h3-6,8-9H,7H2,1-2H3,(H,15,16)(H,17,18). The third-order valence-corrected chi connectivity index (χ3v) is 2.49. The van der Waals surface area contributed by atoms with Crippen LogP contribution in [0.25, 0.3) is 0 Å². The summed E-state index contributed by atoms with van der Waals surface area (Å²) in [6, 6.07) is 5.93. The molecule has 0 fully saturated rings. The maximum Gasteiger partial charge on any atom is 0.315 e. The first-order valence-electron chi connectivity index (χ1n) is 5.83. The summed E-state index contributed by atoms with van der Waals surface area (Å²) in [4.78, 5) is 22.0. The van der Waals surface area contributed by atoms with Gasteiger partial charge in [-0.05, 0) is 26.0 Å². The van der Waals surface area contributed by atoms with Gasteiger partial charge in [0.25, 0.3) is 0 Å².